The van der Waals surface area contributed by atoms with Crippen LogP contribution in [0.3, 0.4) is 0 Å². The molecule has 2 unspecified atom stereocenters. The molecule has 1 fully saturated rings. The number of H-pyrrole nitrogens is 1. The highest BCUT2D eigenvalue weighted by atomic mass is 79.9. The van der Waals surface area contributed by atoms with E-state index in [9.17, 15) is 0 Å². The molecule has 2 aliphatic rings. The zero-order valence-electron chi connectivity index (χ0n) is 11.3. The summed E-state index contributed by atoms with van der Waals surface area (Å²) in [6, 6.07) is 6.05. The van der Waals surface area contributed by atoms with Crippen molar-refractivity contribution in [2.75, 3.05) is 12.0 Å². The van der Waals surface area contributed by atoms with Crippen molar-refractivity contribution in [1.29, 1.82) is 0 Å². The molecule has 1 aromatic carbocycles. The lowest BCUT2D eigenvalue weighted by atomic mass is 9.94. The van der Waals surface area contributed by atoms with Crippen LogP contribution in [0.25, 0.3) is 11.4 Å². The second-order valence-corrected chi connectivity index (χ2v) is 6.56. The average Bonchev–Trinajstić information content (AvgIpc) is 3.17. The Kier molecular flexibility index (Phi) is 3.16. The van der Waals surface area contributed by atoms with Gasteiger partial charge in [0.1, 0.15) is 4.45 Å². The number of anilines is 1. The van der Waals surface area contributed by atoms with E-state index in [1.807, 2.05) is 12.1 Å². The quantitative estimate of drug-likeness (QED) is 0.566. The fourth-order valence-electron chi connectivity index (χ4n) is 2.91. The standard InChI is InChI=1S/C13H15BrN6O/c14-13(11-3-1-2-6-21-11)9-7-8(12-16-19-20-17-12)4-5-10(9)15-18-13/h4-5,7,11,15,18H,1-3,6H2,(H,16,17,19,20). The third-order valence-electron chi connectivity index (χ3n) is 4.02. The maximum absolute atomic E-state index is 5.95. The summed E-state index contributed by atoms with van der Waals surface area (Å²) in [6.45, 7) is 0.805. The Balaban J connectivity index is 1.74. The van der Waals surface area contributed by atoms with Gasteiger partial charge in [-0.3, -0.25) is 0 Å². The van der Waals surface area contributed by atoms with E-state index in [0.29, 0.717) is 5.82 Å². The third kappa shape index (κ3) is 2.14. The molecule has 0 aliphatic carbocycles. The highest BCUT2D eigenvalue weighted by molar-refractivity contribution is 9.09. The second-order valence-electron chi connectivity index (χ2n) is 5.31. The van der Waals surface area contributed by atoms with Crippen molar-refractivity contribution in [2.24, 2.45) is 0 Å². The van der Waals surface area contributed by atoms with E-state index in [4.69, 9.17) is 4.74 Å². The van der Waals surface area contributed by atoms with E-state index in [-0.39, 0.29) is 6.10 Å². The number of nitrogens with zero attached hydrogens (tertiary/aromatic N) is 3. The summed E-state index contributed by atoms with van der Waals surface area (Å²) < 4.78 is 5.53. The number of nitrogens with one attached hydrogen (secondary N) is 3. The number of ether oxygens (including phenoxy) is 1. The Labute approximate surface area is 129 Å². The number of tetrazole rings is 1. The number of benzene rings is 1. The van der Waals surface area contributed by atoms with Gasteiger partial charge in [-0.2, -0.15) is 5.21 Å². The molecule has 0 saturated carbocycles. The number of alkyl halides is 1. The molecule has 0 amide bonds. The van der Waals surface area contributed by atoms with Crippen molar-refractivity contribution in [3.8, 4) is 11.4 Å². The lowest BCUT2D eigenvalue weighted by molar-refractivity contribution is -0.0127. The molecule has 2 aromatic rings. The minimum absolute atomic E-state index is 0.0838. The minimum atomic E-state index is -0.428. The molecule has 21 heavy (non-hydrogen) atoms. The molecule has 7 nitrogen and oxygen atoms in total. The predicted octanol–water partition coefficient (Wildman–Crippen LogP) is 1.91. The van der Waals surface area contributed by atoms with E-state index in [1.54, 1.807) is 0 Å². The third-order valence-corrected chi connectivity index (χ3v) is 5.15. The van der Waals surface area contributed by atoms with Crippen molar-refractivity contribution in [2.45, 2.75) is 29.8 Å². The molecule has 8 heteroatoms. The smallest absolute Gasteiger partial charge is 0.204 e. The van der Waals surface area contributed by atoms with Gasteiger partial charge in [-0.15, -0.1) is 10.2 Å². The first-order chi connectivity index (χ1) is 10.3. The van der Waals surface area contributed by atoms with E-state index < -0.39 is 4.45 Å². The molecule has 0 radical (unpaired) electrons. The molecule has 0 bridgehead atoms. The first kappa shape index (κ1) is 13.2. The number of hydrazine groups is 1. The van der Waals surface area contributed by atoms with E-state index in [0.717, 1.165) is 36.3 Å². The van der Waals surface area contributed by atoms with Crippen LogP contribution in [0.4, 0.5) is 5.69 Å². The fraction of sp³-hybridized carbons (Fsp3) is 0.462. The maximum atomic E-state index is 5.95. The summed E-state index contributed by atoms with van der Waals surface area (Å²) in [7, 11) is 0. The molecule has 110 valence electrons. The van der Waals surface area contributed by atoms with Crippen molar-refractivity contribution in [3.63, 3.8) is 0 Å². The number of fused-ring (bicyclic) bond motifs is 1. The van der Waals surface area contributed by atoms with Crippen molar-refractivity contribution in [1.82, 2.24) is 26.0 Å². The summed E-state index contributed by atoms with van der Waals surface area (Å²) in [4.78, 5) is 0. The summed E-state index contributed by atoms with van der Waals surface area (Å²) >= 11 is 3.84. The van der Waals surface area contributed by atoms with Gasteiger partial charge in [-0.1, -0.05) is 15.9 Å². The van der Waals surface area contributed by atoms with Crippen LogP contribution in [0.5, 0.6) is 0 Å². The van der Waals surface area contributed by atoms with Crippen molar-refractivity contribution >= 4 is 21.6 Å². The van der Waals surface area contributed by atoms with Crippen LogP contribution in [0, 0.1) is 0 Å². The summed E-state index contributed by atoms with van der Waals surface area (Å²) in [5.74, 6) is 0.587. The normalized spacial score (nSPS) is 28.1. The largest absolute Gasteiger partial charge is 0.375 e. The van der Waals surface area contributed by atoms with Gasteiger partial charge >= 0.3 is 0 Å². The number of aromatic nitrogens is 4. The lowest BCUT2D eigenvalue weighted by Crippen LogP contribution is -2.47. The Hall–Kier alpha value is -1.51. The Bertz CT molecular complexity index is 642. The number of hydrogen-bond donors (Lipinski definition) is 3. The molecule has 4 rings (SSSR count). The van der Waals surface area contributed by atoms with Crippen molar-refractivity contribution in [3.05, 3.63) is 23.8 Å². The van der Waals surface area contributed by atoms with Gasteiger partial charge in [-0.05, 0) is 42.7 Å². The Morgan fingerprint density at radius 3 is 3.05 bits per heavy atom. The zero-order chi connectivity index (χ0) is 14.3. The van der Waals surface area contributed by atoms with Crippen LogP contribution >= 0.6 is 15.9 Å². The number of hydrogen-bond acceptors (Lipinski definition) is 6. The van der Waals surface area contributed by atoms with E-state index in [2.05, 4.69) is 53.5 Å². The highest BCUT2D eigenvalue weighted by Gasteiger charge is 2.45. The summed E-state index contributed by atoms with van der Waals surface area (Å²) in [5.41, 5.74) is 9.60. The summed E-state index contributed by atoms with van der Waals surface area (Å²) in [5, 5.41) is 14.2. The number of rotatable bonds is 2. The lowest BCUT2D eigenvalue weighted by Gasteiger charge is -2.35. The minimum Gasteiger partial charge on any atom is -0.375 e. The van der Waals surface area contributed by atoms with Gasteiger partial charge in [-0.25, -0.2) is 5.43 Å². The van der Waals surface area contributed by atoms with Gasteiger partial charge in [0.05, 0.1) is 11.8 Å². The van der Waals surface area contributed by atoms with Crippen LogP contribution in [-0.2, 0) is 9.19 Å². The predicted molar refractivity (Wildman–Crippen MR) is 80.6 cm³/mol. The van der Waals surface area contributed by atoms with Gasteiger partial charge in [0.25, 0.3) is 0 Å². The van der Waals surface area contributed by atoms with Crippen LogP contribution in [0.1, 0.15) is 24.8 Å². The second kappa shape index (κ2) is 5.04. The molecular weight excluding hydrogens is 336 g/mol. The van der Waals surface area contributed by atoms with Crippen molar-refractivity contribution < 1.29 is 4.74 Å². The molecular formula is C13H15BrN6O. The number of aromatic amines is 1. The van der Waals surface area contributed by atoms with E-state index in [1.165, 1.54) is 6.42 Å². The summed E-state index contributed by atoms with van der Waals surface area (Å²) in [6.07, 6.45) is 3.41. The SMILES string of the molecule is BrC1(C2CCCCO2)NNc2ccc(-c3nn[nH]n3)cc21. The first-order valence-corrected chi connectivity index (χ1v) is 7.79. The van der Waals surface area contributed by atoms with Crippen LogP contribution in [0.15, 0.2) is 18.2 Å². The average molecular weight is 351 g/mol. The van der Waals surface area contributed by atoms with Gasteiger partial charge < -0.3 is 10.2 Å². The molecule has 1 saturated heterocycles. The Morgan fingerprint density at radius 2 is 2.29 bits per heavy atom. The van der Waals surface area contributed by atoms with Gasteiger partial charge in [0.15, 0.2) is 0 Å². The topological polar surface area (TPSA) is 87.8 Å². The zero-order valence-corrected chi connectivity index (χ0v) is 12.9. The Morgan fingerprint density at radius 1 is 1.33 bits per heavy atom. The van der Waals surface area contributed by atoms with Gasteiger partial charge in [0, 0.05) is 17.7 Å². The highest BCUT2D eigenvalue weighted by Crippen LogP contribution is 2.45. The monoisotopic (exact) mass is 350 g/mol. The molecule has 0 spiro atoms. The fourth-order valence-corrected chi connectivity index (χ4v) is 3.70. The van der Waals surface area contributed by atoms with Crippen LogP contribution in [-0.4, -0.2) is 33.3 Å². The maximum Gasteiger partial charge on any atom is 0.204 e. The number of halogens is 1. The molecule has 2 aliphatic heterocycles. The molecule has 2 atom stereocenters. The molecule has 3 heterocycles. The van der Waals surface area contributed by atoms with Gasteiger partial charge in [0.2, 0.25) is 5.82 Å². The van der Waals surface area contributed by atoms with Crippen LogP contribution in [0.2, 0.25) is 0 Å². The van der Waals surface area contributed by atoms with Crippen LogP contribution < -0.4 is 10.9 Å². The van der Waals surface area contributed by atoms with E-state index >= 15 is 0 Å². The molecule has 1 aromatic heterocycles. The molecule has 3 N–H and O–H groups in total. The first-order valence-electron chi connectivity index (χ1n) is 6.99.